The Morgan fingerprint density at radius 1 is 1.44 bits per heavy atom. The highest BCUT2D eigenvalue weighted by molar-refractivity contribution is 5.19. The summed E-state index contributed by atoms with van der Waals surface area (Å²) in [5, 5.41) is 0. The summed E-state index contributed by atoms with van der Waals surface area (Å²) in [6.45, 7) is 8.69. The molecule has 1 aromatic heterocycles. The zero-order valence-corrected chi connectivity index (χ0v) is 10.3. The van der Waals surface area contributed by atoms with Gasteiger partial charge in [0.1, 0.15) is 18.9 Å². The van der Waals surface area contributed by atoms with Crippen LogP contribution in [0.3, 0.4) is 0 Å². The third kappa shape index (κ3) is 2.54. The topological polar surface area (TPSA) is 22.9 Å². The summed E-state index contributed by atoms with van der Waals surface area (Å²) < 4.78 is 2.16. The molecule has 2 rings (SSSR count). The molecule has 1 aliphatic heterocycles. The minimum Gasteiger partial charge on any atom is -0.368 e. The molecule has 0 saturated carbocycles. The predicted molar refractivity (Wildman–Crippen MR) is 64.7 cm³/mol. The lowest BCUT2D eigenvalue weighted by atomic mass is 10.0. The highest BCUT2D eigenvalue weighted by atomic mass is 15.2. The van der Waals surface area contributed by atoms with Crippen molar-refractivity contribution in [1.82, 2.24) is 9.88 Å². The average molecular weight is 218 g/mol. The van der Waals surface area contributed by atoms with Gasteiger partial charge in [0, 0.05) is 12.1 Å². The van der Waals surface area contributed by atoms with E-state index in [2.05, 4.69) is 59.8 Å². The average Bonchev–Trinajstić information content (AvgIpc) is 2.70. The van der Waals surface area contributed by atoms with Crippen molar-refractivity contribution in [3.05, 3.63) is 42.6 Å². The number of nitrogens with one attached hydrogen (secondary N) is 1. The first-order chi connectivity index (χ1) is 7.55. The monoisotopic (exact) mass is 218 g/mol. The molecule has 3 heteroatoms. The molecule has 0 spiro atoms. The highest BCUT2D eigenvalue weighted by Gasteiger charge is 2.20. The molecular weight excluding hydrogens is 198 g/mol. The lowest BCUT2D eigenvalue weighted by molar-refractivity contribution is -0.687. The van der Waals surface area contributed by atoms with E-state index < -0.39 is 0 Å². The van der Waals surface area contributed by atoms with Crippen molar-refractivity contribution in [2.24, 2.45) is 0 Å². The maximum atomic E-state index is 3.06. The lowest BCUT2D eigenvalue weighted by Gasteiger charge is -2.36. The van der Waals surface area contributed by atoms with Crippen LogP contribution in [0.15, 0.2) is 42.6 Å². The molecule has 86 valence electrons. The van der Waals surface area contributed by atoms with Gasteiger partial charge in [-0.1, -0.05) is 6.08 Å². The van der Waals surface area contributed by atoms with E-state index in [-0.39, 0.29) is 5.54 Å². The van der Waals surface area contributed by atoms with Crippen molar-refractivity contribution in [1.29, 1.82) is 0 Å². The van der Waals surface area contributed by atoms with Crippen molar-refractivity contribution in [3.8, 4) is 0 Å². The summed E-state index contributed by atoms with van der Waals surface area (Å²) in [6.07, 6.45) is 12.5. The number of rotatable bonds is 2. The van der Waals surface area contributed by atoms with E-state index in [1.807, 2.05) is 12.5 Å². The molecule has 2 heterocycles. The Morgan fingerprint density at radius 2 is 2.25 bits per heavy atom. The van der Waals surface area contributed by atoms with E-state index in [0.29, 0.717) is 0 Å². The number of allylic oxidation sites excluding steroid dienone is 2. The van der Waals surface area contributed by atoms with Gasteiger partial charge in [0.25, 0.3) is 0 Å². The molecule has 1 N–H and O–H groups in total. The molecule has 0 radical (unpaired) electrons. The Balaban J connectivity index is 2.03. The number of hydrogen-bond acceptors (Lipinski definition) is 1. The predicted octanol–water partition coefficient (Wildman–Crippen LogP) is 1.86. The third-order valence-electron chi connectivity index (χ3n) is 2.82. The van der Waals surface area contributed by atoms with Crippen LogP contribution in [0.1, 0.15) is 20.8 Å². The van der Waals surface area contributed by atoms with Crippen molar-refractivity contribution in [3.63, 3.8) is 0 Å². The fourth-order valence-electron chi connectivity index (χ4n) is 1.82. The largest absolute Gasteiger partial charge is 0.368 e. The number of H-pyrrole nitrogens is 1. The van der Waals surface area contributed by atoms with Gasteiger partial charge in [-0.3, -0.25) is 4.98 Å². The Hall–Kier alpha value is -1.51. The molecule has 0 saturated heterocycles. The van der Waals surface area contributed by atoms with Crippen LogP contribution in [-0.4, -0.2) is 22.0 Å². The van der Waals surface area contributed by atoms with Gasteiger partial charge < -0.3 is 4.90 Å². The van der Waals surface area contributed by atoms with Crippen LogP contribution >= 0.6 is 0 Å². The Labute approximate surface area is 97.1 Å². The second kappa shape index (κ2) is 4.16. The van der Waals surface area contributed by atoms with Crippen molar-refractivity contribution in [2.75, 3.05) is 6.54 Å². The maximum absolute atomic E-state index is 3.06. The summed E-state index contributed by atoms with van der Waals surface area (Å²) >= 11 is 0. The molecule has 0 fully saturated rings. The summed E-state index contributed by atoms with van der Waals surface area (Å²) in [4.78, 5) is 5.44. The van der Waals surface area contributed by atoms with Crippen LogP contribution in [-0.2, 0) is 6.54 Å². The van der Waals surface area contributed by atoms with Crippen molar-refractivity contribution >= 4 is 0 Å². The summed E-state index contributed by atoms with van der Waals surface area (Å²) in [7, 11) is 0. The zero-order valence-electron chi connectivity index (χ0n) is 10.3. The van der Waals surface area contributed by atoms with Crippen LogP contribution in [0.25, 0.3) is 0 Å². The zero-order chi connectivity index (χ0) is 11.6. The van der Waals surface area contributed by atoms with Gasteiger partial charge in [-0.25, -0.2) is 4.57 Å². The van der Waals surface area contributed by atoms with Crippen LogP contribution in [0.2, 0.25) is 0 Å². The van der Waals surface area contributed by atoms with Gasteiger partial charge in [-0.2, -0.15) is 0 Å². The smallest absolute Gasteiger partial charge is 0.241 e. The molecule has 0 amide bonds. The third-order valence-corrected chi connectivity index (χ3v) is 2.82. The van der Waals surface area contributed by atoms with E-state index in [1.54, 1.807) is 0 Å². The second-order valence-corrected chi connectivity index (χ2v) is 5.25. The number of imidazole rings is 1. The highest BCUT2D eigenvalue weighted by Crippen LogP contribution is 2.18. The fourth-order valence-corrected chi connectivity index (χ4v) is 1.82. The summed E-state index contributed by atoms with van der Waals surface area (Å²) in [5.41, 5.74) is 1.63. The van der Waals surface area contributed by atoms with Gasteiger partial charge in [0.05, 0.1) is 0 Å². The Kier molecular flexibility index (Phi) is 2.86. The number of aromatic amines is 1. The first-order valence-corrected chi connectivity index (χ1v) is 5.70. The van der Waals surface area contributed by atoms with E-state index in [0.717, 1.165) is 13.1 Å². The van der Waals surface area contributed by atoms with Gasteiger partial charge in [0.15, 0.2) is 0 Å². The van der Waals surface area contributed by atoms with E-state index in [9.17, 15) is 0 Å². The van der Waals surface area contributed by atoms with Crippen molar-refractivity contribution in [2.45, 2.75) is 32.9 Å². The van der Waals surface area contributed by atoms with E-state index in [1.165, 1.54) is 5.57 Å². The van der Waals surface area contributed by atoms with Crippen LogP contribution in [0.5, 0.6) is 0 Å². The molecule has 16 heavy (non-hydrogen) atoms. The SMILES string of the molecule is CC(C)(C)N1C=CC=C(C[n+]2cc[nH]c2)C1. The molecule has 3 nitrogen and oxygen atoms in total. The fraction of sp³-hybridized carbons (Fsp3) is 0.462. The first-order valence-electron chi connectivity index (χ1n) is 5.70. The minimum absolute atomic E-state index is 0.193. The summed E-state index contributed by atoms with van der Waals surface area (Å²) in [6, 6.07) is 0. The van der Waals surface area contributed by atoms with Gasteiger partial charge in [0.2, 0.25) is 6.33 Å². The normalized spacial score (nSPS) is 16.4. The summed E-state index contributed by atoms with van der Waals surface area (Å²) in [5.74, 6) is 0. The quantitative estimate of drug-likeness (QED) is 0.752. The Morgan fingerprint density at radius 3 is 2.88 bits per heavy atom. The molecular formula is C13H20N3+. The molecule has 1 aliphatic rings. The van der Waals surface area contributed by atoms with E-state index in [4.69, 9.17) is 0 Å². The standard InChI is InChI=1S/C13H19N3/c1-13(2,3)16-7-4-5-12(10-16)9-15-8-6-14-11-15/h4-8,11H,9-10H2,1-3H3/p+1. The number of aromatic nitrogens is 2. The molecule has 0 unspecified atom stereocenters. The molecule has 0 bridgehead atoms. The molecule has 0 aromatic carbocycles. The Bertz CT molecular complexity index is 393. The lowest BCUT2D eigenvalue weighted by Crippen LogP contribution is -2.42. The molecule has 0 atom stereocenters. The first kappa shape index (κ1) is 11.0. The van der Waals surface area contributed by atoms with Gasteiger partial charge in [-0.05, 0) is 38.6 Å². The van der Waals surface area contributed by atoms with E-state index >= 15 is 0 Å². The number of nitrogens with zero attached hydrogens (tertiary/aromatic N) is 2. The van der Waals surface area contributed by atoms with Gasteiger partial charge >= 0.3 is 0 Å². The van der Waals surface area contributed by atoms with Crippen molar-refractivity contribution < 1.29 is 4.57 Å². The van der Waals surface area contributed by atoms with Gasteiger partial charge in [-0.15, -0.1) is 0 Å². The minimum atomic E-state index is 0.193. The van der Waals surface area contributed by atoms with Crippen LogP contribution < -0.4 is 4.57 Å². The maximum Gasteiger partial charge on any atom is 0.241 e. The molecule has 1 aromatic rings. The molecule has 0 aliphatic carbocycles. The van der Waals surface area contributed by atoms with Crippen LogP contribution in [0.4, 0.5) is 0 Å². The number of hydrogen-bond donors (Lipinski definition) is 1. The van der Waals surface area contributed by atoms with Crippen LogP contribution in [0, 0.1) is 0 Å². The second-order valence-electron chi connectivity index (χ2n) is 5.25.